The molecule has 136 valence electrons. The van der Waals surface area contributed by atoms with Crippen molar-refractivity contribution < 1.29 is 9.72 Å². The highest BCUT2D eigenvalue weighted by molar-refractivity contribution is 6.00. The Morgan fingerprint density at radius 3 is 2.36 bits per heavy atom. The molecule has 1 aromatic rings. The highest BCUT2D eigenvalue weighted by Crippen LogP contribution is 2.31. The number of carbonyl (C=O) groups is 1. The Labute approximate surface area is 148 Å². The van der Waals surface area contributed by atoms with Gasteiger partial charge in [-0.1, -0.05) is 13.8 Å². The molecule has 0 saturated carbocycles. The minimum absolute atomic E-state index is 0.0118. The van der Waals surface area contributed by atoms with Gasteiger partial charge in [-0.25, -0.2) is 0 Å². The molecule has 0 aliphatic carbocycles. The van der Waals surface area contributed by atoms with Gasteiger partial charge in [0, 0.05) is 38.3 Å². The fourth-order valence-corrected chi connectivity index (χ4v) is 4.22. The third kappa shape index (κ3) is 3.94. The molecule has 0 spiro atoms. The first-order chi connectivity index (χ1) is 12.0. The number of non-ortho nitro benzene ring substituents is 1. The number of nitro benzene ring substituents is 1. The van der Waals surface area contributed by atoms with E-state index in [2.05, 4.69) is 18.7 Å². The average Bonchev–Trinajstić information content (AvgIpc) is 2.60. The van der Waals surface area contributed by atoms with Crippen molar-refractivity contribution in [2.45, 2.75) is 39.5 Å². The van der Waals surface area contributed by atoms with Crippen molar-refractivity contribution in [3.8, 4) is 0 Å². The second-order valence-electron chi connectivity index (χ2n) is 7.66. The van der Waals surface area contributed by atoms with Gasteiger partial charge in [0.05, 0.1) is 16.2 Å². The first-order valence-corrected chi connectivity index (χ1v) is 9.28. The zero-order valence-electron chi connectivity index (χ0n) is 15.1. The summed E-state index contributed by atoms with van der Waals surface area (Å²) < 4.78 is 0. The zero-order valence-corrected chi connectivity index (χ0v) is 15.1. The molecule has 2 aliphatic rings. The standard InChI is InChI=1S/C19H27N3O3/c1-14-10-15(2)13-21(12-14)19(23)17-11-16(22(24)25)6-7-18(17)20-8-4-3-5-9-20/h6-7,11,14-15H,3-5,8-10,12-13H2,1-2H3/t14-,15-/m1/s1. The summed E-state index contributed by atoms with van der Waals surface area (Å²) in [6.45, 7) is 7.59. The molecule has 2 fully saturated rings. The fraction of sp³-hybridized carbons (Fsp3) is 0.632. The number of nitrogens with zero attached hydrogens (tertiary/aromatic N) is 3. The largest absolute Gasteiger partial charge is 0.371 e. The molecule has 6 heteroatoms. The summed E-state index contributed by atoms with van der Waals surface area (Å²) in [6.07, 6.45) is 4.52. The second kappa shape index (κ2) is 7.42. The molecule has 0 radical (unpaired) electrons. The molecule has 3 rings (SSSR count). The Kier molecular flexibility index (Phi) is 5.25. The normalized spacial score (nSPS) is 24.2. The molecule has 1 aromatic carbocycles. The van der Waals surface area contributed by atoms with Crippen LogP contribution in [-0.4, -0.2) is 41.9 Å². The number of likely N-dealkylation sites (tertiary alicyclic amines) is 1. The van der Waals surface area contributed by atoms with Crippen molar-refractivity contribution in [2.24, 2.45) is 11.8 Å². The number of benzene rings is 1. The van der Waals surface area contributed by atoms with E-state index >= 15 is 0 Å². The zero-order chi connectivity index (χ0) is 18.0. The average molecular weight is 345 g/mol. The van der Waals surface area contributed by atoms with E-state index in [0.29, 0.717) is 17.4 Å². The summed E-state index contributed by atoms with van der Waals surface area (Å²) in [6, 6.07) is 4.74. The van der Waals surface area contributed by atoms with E-state index in [4.69, 9.17) is 0 Å². The van der Waals surface area contributed by atoms with Crippen LogP contribution in [0.4, 0.5) is 11.4 Å². The Morgan fingerprint density at radius 2 is 1.76 bits per heavy atom. The van der Waals surface area contributed by atoms with Gasteiger partial charge in [0.25, 0.3) is 11.6 Å². The van der Waals surface area contributed by atoms with Gasteiger partial charge in [0.1, 0.15) is 0 Å². The quantitative estimate of drug-likeness (QED) is 0.619. The molecule has 25 heavy (non-hydrogen) atoms. The number of nitro groups is 1. The third-order valence-electron chi connectivity index (χ3n) is 5.27. The molecule has 0 N–H and O–H groups in total. The molecule has 6 nitrogen and oxygen atoms in total. The molecule has 1 amide bonds. The molecule has 2 heterocycles. The molecular formula is C19H27N3O3. The number of piperidine rings is 2. The Balaban J connectivity index is 1.94. The number of rotatable bonds is 3. The van der Waals surface area contributed by atoms with E-state index in [1.54, 1.807) is 6.07 Å². The van der Waals surface area contributed by atoms with Gasteiger partial charge in [-0.2, -0.15) is 0 Å². The van der Waals surface area contributed by atoms with Gasteiger partial charge in [-0.15, -0.1) is 0 Å². The lowest BCUT2D eigenvalue weighted by Gasteiger charge is -2.36. The highest BCUT2D eigenvalue weighted by atomic mass is 16.6. The number of anilines is 1. The van der Waals surface area contributed by atoms with Crippen molar-refractivity contribution in [2.75, 3.05) is 31.1 Å². The summed E-state index contributed by atoms with van der Waals surface area (Å²) >= 11 is 0. The van der Waals surface area contributed by atoms with Crippen LogP contribution in [0.5, 0.6) is 0 Å². The van der Waals surface area contributed by atoms with Crippen molar-refractivity contribution in [1.82, 2.24) is 4.90 Å². The van der Waals surface area contributed by atoms with Crippen LogP contribution in [0, 0.1) is 22.0 Å². The van der Waals surface area contributed by atoms with Gasteiger partial charge >= 0.3 is 0 Å². The van der Waals surface area contributed by atoms with Gasteiger partial charge in [0.2, 0.25) is 0 Å². The van der Waals surface area contributed by atoms with Crippen LogP contribution in [0.25, 0.3) is 0 Å². The Hall–Kier alpha value is -2.11. The predicted molar refractivity (Wildman–Crippen MR) is 98.0 cm³/mol. The van der Waals surface area contributed by atoms with Gasteiger partial charge in [-0.05, 0) is 43.6 Å². The molecular weight excluding hydrogens is 318 g/mol. The molecule has 2 aliphatic heterocycles. The Morgan fingerprint density at radius 1 is 1.12 bits per heavy atom. The summed E-state index contributed by atoms with van der Waals surface area (Å²) in [5.74, 6) is 0.859. The van der Waals surface area contributed by atoms with E-state index in [1.165, 1.54) is 18.6 Å². The lowest BCUT2D eigenvalue weighted by molar-refractivity contribution is -0.384. The number of carbonyl (C=O) groups excluding carboxylic acids is 1. The fourth-order valence-electron chi connectivity index (χ4n) is 4.22. The van der Waals surface area contributed by atoms with E-state index < -0.39 is 4.92 Å². The van der Waals surface area contributed by atoms with E-state index in [-0.39, 0.29) is 11.6 Å². The first-order valence-electron chi connectivity index (χ1n) is 9.28. The van der Waals surface area contributed by atoms with Crippen molar-refractivity contribution in [1.29, 1.82) is 0 Å². The summed E-state index contributed by atoms with van der Waals surface area (Å²) in [5, 5.41) is 11.2. The van der Waals surface area contributed by atoms with Crippen LogP contribution in [0.1, 0.15) is 49.9 Å². The van der Waals surface area contributed by atoms with Gasteiger partial charge in [-0.3, -0.25) is 14.9 Å². The number of amides is 1. The molecule has 0 bridgehead atoms. The van der Waals surface area contributed by atoms with E-state index in [0.717, 1.165) is 51.1 Å². The second-order valence-corrected chi connectivity index (χ2v) is 7.66. The van der Waals surface area contributed by atoms with Crippen LogP contribution in [0.15, 0.2) is 18.2 Å². The summed E-state index contributed by atoms with van der Waals surface area (Å²) in [7, 11) is 0. The topological polar surface area (TPSA) is 66.7 Å². The molecule has 0 unspecified atom stereocenters. The summed E-state index contributed by atoms with van der Waals surface area (Å²) in [4.78, 5) is 28.1. The minimum Gasteiger partial charge on any atom is -0.371 e. The predicted octanol–water partition coefficient (Wildman–Crippen LogP) is 3.70. The minimum atomic E-state index is -0.418. The van der Waals surface area contributed by atoms with Crippen LogP contribution in [0.2, 0.25) is 0 Å². The van der Waals surface area contributed by atoms with Crippen molar-refractivity contribution >= 4 is 17.3 Å². The van der Waals surface area contributed by atoms with Gasteiger partial charge in [0.15, 0.2) is 0 Å². The maximum Gasteiger partial charge on any atom is 0.270 e. The molecule has 2 saturated heterocycles. The van der Waals surface area contributed by atoms with Crippen LogP contribution in [-0.2, 0) is 0 Å². The highest BCUT2D eigenvalue weighted by Gasteiger charge is 2.29. The number of hydrogen-bond acceptors (Lipinski definition) is 4. The number of hydrogen-bond donors (Lipinski definition) is 0. The van der Waals surface area contributed by atoms with Crippen LogP contribution < -0.4 is 4.90 Å². The smallest absolute Gasteiger partial charge is 0.270 e. The SMILES string of the molecule is C[C@@H]1C[C@@H](C)CN(C(=O)c2cc([N+](=O)[O-])ccc2N2CCCCC2)C1. The van der Waals surface area contributed by atoms with E-state index in [9.17, 15) is 14.9 Å². The third-order valence-corrected chi connectivity index (χ3v) is 5.27. The van der Waals surface area contributed by atoms with Crippen molar-refractivity contribution in [3.05, 3.63) is 33.9 Å². The lowest BCUT2D eigenvalue weighted by atomic mass is 9.91. The molecule has 2 atom stereocenters. The lowest BCUT2D eigenvalue weighted by Crippen LogP contribution is -2.43. The Bertz CT molecular complexity index is 645. The van der Waals surface area contributed by atoms with E-state index in [1.807, 2.05) is 4.90 Å². The summed E-state index contributed by atoms with van der Waals surface area (Å²) in [5.41, 5.74) is 1.32. The monoisotopic (exact) mass is 345 g/mol. The molecule has 0 aromatic heterocycles. The van der Waals surface area contributed by atoms with Gasteiger partial charge < -0.3 is 9.80 Å². The van der Waals surface area contributed by atoms with Crippen LogP contribution in [0.3, 0.4) is 0 Å². The van der Waals surface area contributed by atoms with Crippen LogP contribution >= 0.6 is 0 Å². The maximum absolute atomic E-state index is 13.2. The van der Waals surface area contributed by atoms with Crippen molar-refractivity contribution in [3.63, 3.8) is 0 Å². The maximum atomic E-state index is 13.2. The first kappa shape index (κ1) is 17.7.